The topological polar surface area (TPSA) is 38.8 Å². The zero-order chi connectivity index (χ0) is 9.92. The van der Waals surface area contributed by atoms with Crippen LogP contribution in [-0.2, 0) is 14.3 Å². The van der Waals surface area contributed by atoms with Crippen LogP contribution >= 0.6 is 23.2 Å². The van der Waals surface area contributed by atoms with Gasteiger partial charge in [-0.2, -0.15) is 0 Å². The molecule has 0 N–H and O–H groups in total. The van der Waals surface area contributed by atoms with Crippen LogP contribution in [-0.4, -0.2) is 28.6 Å². The number of carbonyl (C=O) groups is 1. The molecule has 4 atom stereocenters. The lowest BCUT2D eigenvalue weighted by molar-refractivity contribution is -0.142. The lowest BCUT2D eigenvalue weighted by atomic mass is 9.98. The summed E-state index contributed by atoms with van der Waals surface area (Å²) in [6, 6.07) is 0. The fourth-order valence-corrected chi connectivity index (χ4v) is 2.59. The second-order valence-corrected chi connectivity index (χ2v) is 5.24. The molecule has 0 bridgehead atoms. The Bertz CT molecular complexity index is 326. The largest absolute Gasteiger partial charge is 0.459 e. The summed E-state index contributed by atoms with van der Waals surface area (Å²) in [5.41, 5.74) is 0. The van der Waals surface area contributed by atoms with Gasteiger partial charge in [-0.1, -0.05) is 35.4 Å². The monoisotopic (exact) mass is 234 g/mol. The summed E-state index contributed by atoms with van der Waals surface area (Å²) in [6.45, 7) is 0. The van der Waals surface area contributed by atoms with Crippen molar-refractivity contribution in [3.05, 3.63) is 12.2 Å². The van der Waals surface area contributed by atoms with Crippen LogP contribution in [0, 0.1) is 5.92 Å². The molecule has 14 heavy (non-hydrogen) atoms. The molecule has 0 radical (unpaired) electrons. The summed E-state index contributed by atoms with van der Waals surface area (Å²) in [4.78, 5) is 11.3. The van der Waals surface area contributed by atoms with Gasteiger partial charge in [0.25, 0.3) is 0 Å². The van der Waals surface area contributed by atoms with Gasteiger partial charge in [0.15, 0.2) is 0 Å². The maximum absolute atomic E-state index is 11.3. The standard InChI is InChI=1S/C9H8Cl2O3/c10-9(11)4-1-2-5-7(13-5)3-6(4)14-8(9)12/h1-2,4-7H,3H2/t4-,5-,6+,7+/m0/s1. The molecule has 2 heterocycles. The predicted octanol–water partition coefficient (Wildman–Crippen LogP) is 1.43. The van der Waals surface area contributed by atoms with Crippen molar-refractivity contribution in [1.82, 2.24) is 0 Å². The highest BCUT2D eigenvalue weighted by atomic mass is 35.5. The van der Waals surface area contributed by atoms with Crippen LogP contribution in [0.4, 0.5) is 0 Å². The fraction of sp³-hybridized carbons (Fsp3) is 0.667. The minimum Gasteiger partial charge on any atom is -0.459 e. The van der Waals surface area contributed by atoms with E-state index in [4.69, 9.17) is 32.7 Å². The highest BCUT2D eigenvalue weighted by Crippen LogP contribution is 2.47. The smallest absolute Gasteiger partial charge is 0.343 e. The molecule has 0 spiro atoms. The molecular weight excluding hydrogens is 227 g/mol. The SMILES string of the molecule is O=C1O[C@@H]2C[C@H]3O[C@H]3C=C[C@@H]2C1(Cl)Cl. The number of esters is 1. The Morgan fingerprint density at radius 3 is 2.93 bits per heavy atom. The van der Waals surface area contributed by atoms with E-state index >= 15 is 0 Å². The minimum absolute atomic E-state index is 0.170. The van der Waals surface area contributed by atoms with Gasteiger partial charge in [-0.3, -0.25) is 0 Å². The highest BCUT2D eigenvalue weighted by Gasteiger charge is 2.58. The van der Waals surface area contributed by atoms with Crippen molar-refractivity contribution >= 4 is 29.2 Å². The van der Waals surface area contributed by atoms with Gasteiger partial charge in [0, 0.05) is 6.42 Å². The van der Waals surface area contributed by atoms with E-state index in [1.54, 1.807) is 0 Å². The lowest BCUT2D eigenvalue weighted by Gasteiger charge is -2.16. The Morgan fingerprint density at radius 2 is 2.14 bits per heavy atom. The average molecular weight is 235 g/mol. The minimum atomic E-state index is -1.42. The van der Waals surface area contributed by atoms with Crippen LogP contribution in [0.15, 0.2) is 12.2 Å². The number of rotatable bonds is 0. The third-order valence-electron chi connectivity index (χ3n) is 2.94. The van der Waals surface area contributed by atoms with E-state index in [9.17, 15) is 4.79 Å². The number of ether oxygens (including phenoxy) is 2. The molecule has 2 fully saturated rings. The van der Waals surface area contributed by atoms with Gasteiger partial charge >= 0.3 is 5.97 Å². The highest BCUT2D eigenvalue weighted by molar-refractivity contribution is 6.58. The molecule has 0 amide bonds. The molecule has 0 unspecified atom stereocenters. The first-order valence-corrected chi connectivity index (χ1v) is 5.27. The zero-order valence-corrected chi connectivity index (χ0v) is 8.66. The van der Waals surface area contributed by atoms with Crippen LogP contribution in [0.5, 0.6) is 0 Å². The number of alkyl halides is 2. The van der Waals surface area contributed by atoms with Gasteiger partial charge in [0.1, 0.15) is 12.2 Å². The first-order valence-electron chi connectivity index (χ1n) is 4.52. The molecular formula is C9H8Cl2O3. The number of epoxide rings is 1. The normalized spacial score (nSPS) is 47.7. The number of fused-ring (bicyclic) bond motifs is 2. The Hall–Kier alpha value is -0.250. The number of halogens is 2. The van der Waals surface area contributed by atoms with E-state index in [0.717, 1.165) is 0 Å². The van der Waals surface area contributed by atoms with Gasteiger partial charge < -0.3 is 9.47 Å². The van der Waals surface area contributed by atoms with E-state index in [1.807, 2.05) is 12.2 Å². The third-order valence-corrected chi connectivity index (χ3v) is 3.76. The van der Waals surface area contributed by atoms with E-state index < -0.39 is 10.3 Å². The van der Waals surface area contributed by atoms with Crippen molar-refractivity contribution in [2.75, 3.05) is 0 Å². The summed E-state index contributed by atoms with van der Waals surface area (Å²) < 4.78 is 9.01. The molecule has 0 aromatic carbocycles. The molecule has 76 valence electrons. The second-order valence-electron chi connectivity index (χ2n) is 3.85. The van der Waals surface area contributed by atoms with E-state index in [-0.39, 0.29) is 24.2 Å². The van der Waals surface area contributed by atoms with Crippen LogP contribution < -0.4 is 0 Å². The Morgan fingerprint density at radius 1 is 1.36 bits per heavy atom. The molecule has 3 rings (SSSR count). The molecule has 5 heteroatoms. The first-order chi connectivity index (χ1) is 6.59. The summed E-state index contributed by atoms with van der Waals surface area (Å²) in [7, 11) is 0. The van der Waals surface area contributed by atoms with Gasteiger partial charge in [-0.25, -0.2) is 4.79 Å². The third kappa shape index (κ3) is 1.12. The summed E-state index contributed by atoms with van der Waals surface area (Å²) in [5, 5.41) is 0. The van der Waals surface area contributed by atoms with Crippen molar-refractivity contribution < 1.29 is 14.3 Å². The molecule has 2 saturated heterocycles. The van der Waals surface area contributed by atoms with Crippen molar-refractivity contribution in [3.8, 4) is 0 Å². The molecule has 3 nitrogen and oxygen atoms in total. The predicted molar refractivity (Wildman–Crippen MR) is 50.2 cm³/mol. The quantitative estimate of drug-likeness (QED) is 0.276. The second kappa shape index (κ2) is 2.65. The van der Waals surface area contributed by atoms with E-state index in [2.05, 4.69) is 0 Å². The Kier molecular flexibility index (Phi) is 1.71. The van der Waals surface area contributed by atoms with Gasteiger partial charge in [-0.05, 0) is 0 Å². The number of carbonyl (C=O) groups excluding carboxylic acids is 1. The van der Waals surface area contributed by atoms with Crippen LogP contribution in [0.3, 0.4) is 0 Å². The van der Waals surface area contributed by atoms with Gasteiger partial charge in [-0.15, -0.1) is 0 Å². The van der Waals surface area contributed by atoms with Crippen molar-refractivity contribution in [1.29, 1.82) is 0 Å². The molecule has 2 aliphatic heterocycles. The summed E-state index contributed by atoms with van der Waals surface area (Å²) in [5.74, 6) is -0.783. The van der Waals surface area contributed by atoms with Crippen LogP contribution in [0.1, 0.15) is 6.42 Å². The van der Waals surface area contributed by atoms with Gasteiger partial charge in [0.05, 0.1) is 12.0 Å². The Balaban J connectivity index is 1.94. The van der Waals surface area contributed by atoms with Crippen LogP contribution in [0.25, 0.3) is 0 Å². The molecule has 0 saturated carbocycles. The van der Waals surface area contributed by atoms with Gasteiger partial charge in [0.2, 0.25) is 4.33 Å². The number of hydrogen-bond acceptors (Lipinski definition) is 3. The summed E-state index contributed by atoms with van der Waals surface area (Å²) in [6.07, 6.45) is 4.56. The maximum atomic E-state index is 11.3. The molecule has 0 aromatic rings. The van der Waals surface area contributed by atoms with Crippen molar-refractivity contribution in [2.45, 2.75) is 29.1 Å². The summed E-state index contributed by atoms with van der Waals surface area (Å²) >= 11 is 11.9. The van der Waals surface area contributed by atoms with Crippen LogP contribution in [0.2, 0.25) is 0 Å². The van der Waals surface area contributed by atoms with E-state index in [1.165, 1.54) is 0 Å². The molecule has 0 aromatic heterocycles. The van der Waals surface area contributed by atoms with E-state index in [0.29, 0.717) is 6.42 Å². The maximum Gasteiger partial charge on any atom is 0.343 e. The van der Waals surface area contributed by atoms with Crippen molar-refractivity contribution in [2.24, 2.45) is 5.92 Å². The zero-order valence-electron chi connectivity index (χ0n) is 7.15. The number of hydrogen-bond donors (Lipinski definition) is 0. The Labute approximate surface area is 90.9 Å². The lowest BCUT2D eigenvalue weighted by Crippen LogP contribution is -2.28. The molecule has 3 aliphatic rings. The average Bonchev–Trinajstić information content (AvgIpc) is 2.77. The fourth-order valence-electron chi connectivity index (χ4n) is 2.07. The molecule has 1 aliphatic carbocycles. The van der Waals surface area contributed by atoms with Crippen molar-refractivity contribution in [3.63, 3.8) is 0 Å². The first kappa shape index (κ1) is 9.01.